The summed E-state index contributed by atoms with van der Waals surface area (Å²) in [5, 5.41) is 7.05. The lowest BCUT2D eigenvalue weighted by atomic mass is 9.82. The monoisotopic (exact) mass is 304 g/mol. The van der Waals surface area contributed by atoms with Crippen molar-refractivity contribution >= 4 is 5.91 Å². The molecule has 1 aromatic heterocycles. The number of amides is 1. The molecule has 0 unspecified atom stereocenters. The van der Waals surface area contributed by atoms with Crippen molar-refractivity contribution in [2.45, 2.75) is 77.2 Å². The molecule has 22 heavy (non-hydrogen) atoms. The molecule has 0 bridgehead atoms. The third-order valence-electron chi connectivity index (χ3n) is 5.07. The summed E-state index contributed by atoms with van der Waals surface area (Å²) < 4.78 is 5.26. The van der Waals surface area contributed by atoms with E-state index in [1.54, 1.807) is 0 Å². The maximum Gasteiger partial charge on any atom is 0.273 e. The van der Waals surface area contributed by atoms with Crippen LogP contribution in [0.2, 0.25) is 0 Å². The first-order valence-electron chi connectivity index (χ1n) is 8.89. The standard InChI is InChI=1S/C18H28N2O2/c1-12(2)3-4-13-5-9-15(10-6-13)19-18(21)16-11-17(22-20-16)14-7-8-14/h11-15H,3-10H2,1-2H3,(H,19,21). The summed E-state index contributed by atoms with van der Waals surface area (Å²) in [7, 11) is 0. The van der Waals surface area contributed by atoms with Gasteiger partial charge in [0.1, 0.15) is 5.76 Å². The van der Waals surface area contributed by atoms with Gasteiger partial charge in [-0.05, 0) is 50.4 Å². The number of nitrogens with zero attached hydrogens (tertiary/aromatic N) is 1. The molecule has 2 aliphatic carbocycles. The molecule has 0 aromatic carbocycles. The molecule has 4 heteroatoms. The predicted molar refractivity (Wildman–Crippen MR) is 85.8 cm³/mol. The number of hydrogen-bond donors (Lipinski definition) is 1. The first-order chi connectivity index (χ1) is 10.6. The van der Waals surface area contributed by atoms with Gasteiger partial charge in [0.05, 0.1) is 0 Å². The molecule has 0 saturated heterocycles. The van der Waals surface area contributed by atoms with E-state index < -0.39 is 0 Å². The summed E-state index contributed by atoms with van der Waals surface area (Å²) >= 11 is 0. The number of rotatable bonds is 6. The van der Waals surface area contributed by atoms with Gasteiger partial charge in [-0.3, -0.25) is 4.79 Å². The Morgan fingerprint density at radius 3 is 2.64 bits per heavy atom. The second kappa shape index (κ2) is 6.84. The van der Waals surface area contributed by atoms with Crippen molar-refractivity contribution < 1.29 is 9.32 Å². The van der Waals surface area contributed by atoms with Crippen molar-refractivity contribution in [1.29, 1.82) is 0 Å². The molecule has 1 N–H and O–H groups in total. The molecule has 0 aliphatic heterocycles. The van der Waals surface area contributed by atoms with Gasteiger partial charge in [0.25, 0.3) is 5.91 Å². The molecular weight excluding hydrogens is 276 g/mol. The molecular formula is C18H28N2O2. The van der Waals surface area contributed by atoms with Crippen LogP contribution in [0.4, 0.5) is 0 Å². The van der Waals surface area contributed by atoms with Crippen LogP contribution in [0.1, 0.15) is 87.4 Å². The molecule has 3 rings (SSSR count). The molecule has 1 amide bonds. The summed E-state index contributed by atoms with van der Waals surface area (Å²) in [5.74, 6) is 2.96. The van der Waals surface area contributed by atoms with E-state index in [0.29, 0.717) is 17.7 Å². The van der Waals surface area contributed by atoms with Gasteiger partial charge >= 0.3 is 0 Å². The van der Waals surface area contributed by atoms with E-state index in [2.05, 4.69) is 24.3 Å². The van der Waals surface area contributed by atoms with Crippen molar-refractivity contribution in [1.82, 2.24) is 10.5 Å². The van der Waals surface area contributed by atoms with E-state index in [9.17, 15) is 4.79 Å². The first-order valence-corrected chi connectivity index (χ1v) is 8.89. The van der Waals surface area contributed by atoms with Crippen LogP contribution in [0.3, 0.4) is 0 Å². The number of carbonyl (C=O) groups excluding carboxylic acids is 1. The maximum absolute atomic E-state index is 12.2. The molecule has 4 nitrogen and oxygen atoms in total. The van der Waals surface area contributed by atoms with Crippen LogP contribution in [0.15, 0.2) is 10.6 Å². The Morgan fingerprint density at radius 2 is 2.00 bits per heavy atom. The van der Waals surface area contributed by atoms with Crippen molar-refractivity contribution in [3.05, 3.63) is 17.5 Å². The minimum Gasteiger partial charge on any atom is -0.360 e. The molecule has 1 aromatic rings. The van der Waals surface area contributed by atoms with Crippen molar-refractivity contribution in [2.24, 2.45) is 11.8 Å². The zero-order valence-electron chi connectivity index (χ0n) is 13.8. The van der Waals surface area contributed by atoms with Gasteiger partial charge in [-0.25, -0.2) is 0 Å². The Bertz CT molecular complexity index is 497. The number of nitrogens with one attached hydrogen (secondary N) is 1. The lowest BCUT2D eigenvalue weighted by Crippen LogP contribution is -2.37. The Kier molecular flexibility index (Phi) is 4.84. The molecule has 0 spiro atoms. The van der Waals surface area contributed by atoms with E-state index in [1.807, 2.05) is 6.07 Å². The quantitative estimate of drug-likeness (QED) is 0.853. The summed E-state index contributed by atoms with van der Waals surface area (Å²) in [4.78, 5) is 12.2. The topological polar surface area (TPSA) is 55.1 Å². The average molecular weight is 304 g/mol. The van der Waals surface area contributed by atoms with E-state index in [-0.39, 0.29) is 5.91 Å². The molecule has 0 radical (unpaired) electrons. The van der Waals surface area contributed by atoms with Gasteiger partial charge in [0.2, 0.25) is 0 Å². The van der Waals surface area contributed by atoms with E-state index in [4.69, 9.17) is 4.52 Å². The van der Waals surface area contributed by atoms with Gasteiger partial charge in [0, 0.05) is 18.0 Å². The zero-order chi connectivity index (χ0) is 15.5. The van der Waals surface area contributed by atoms with Crippen LogP contribution < -0.4 is 5.32 Å². The average Bonchev–Trinajstić information content (AvgIpc) is 3.23. The zero-order valence-corrected chi connectivity index (χ0v) is 13.8. The van der Waals surface area contributed by atoms with E-state index in [1.165, 1.54) is 25.7 Å². The SMILES string of the molecule is CC(C)CCC1CCC(NC(=O)c2cc(C3CC3)on2)CC1. The molecule has 0 atom stereocenters. The number of aromatic nitrogens is 1. The van der Waals surface area contributed by atoms with Gasteiger partial charge in [0.15, 0.2) is 5.69 Å². The highest BCUT2D eigenvalue weighted by molar-refractivity contribution is 5.92. The lowest BCUT2D eigenvalue weighted by Gasteiger charge is -2.29. The first kappa shape index (κ1) is 15.6. The molecule has 2 saturated carbocycles. The third kappa shape index (κ3) is 4.11. The summed E-state index contributed by atoms with van der Waals surface area (Å²) in [5.41, 5.74) is 0.448. The fourth-order valence-corrected chi connectivity index (χ4v) is 3.38. The summed E-state index contributed by atoms with van der Waals surface area (Å²) in [6.45, 7) is 4.58. The normalized spacial score (nSPS) is 25.4. The molecule has 1 heterocycles. The maximum atomic E-state index is 12.2. The molecule has 2 aliphatic rings. The highest BCUT2D eigenvalue weighted by Gasteiger charge is 2.29. The predicted octanol–water partition coefficient (Wildman–Crippen LogP) is 4.28. The smallest absolute Gasteiger partial charge is 0.273 e. The Morgan fingerprint density at radius 1 is 1.27 bits per heavy atom. The van der Waals surface area contributed by atoms with Gasteiger partial charge < -0.3 is 9.84 Å². The van der Waals surface area contributed by atoms with Crippen LogP contribution in [-0.4, -0.2) is 17.1 Å². The number of carbonyl (C=O) groups is 1. The molecule has 122 valence electrons. The Balaban J connectivity index is 1.42. The Labute approximate surface area is 133 Å². The van der Waals surface area contributed by atoms with Gasteiger partial charge in [-0.15, -0.1) is 0 Å². The van der Waals surface area contributed by atoms with Crippen LogP contribution in [0, 0.1) is 11.8 Å². The van der Waals surface area contributed by atoms with Crippen molar-refractivity contribution in [3.63, 3.8) is 0 Å². The van der Waals surface area contributed by atoms with Crippen LogP contribution >= 0.6 is 0 Å². The van der Waals surface area contributed by atoms with Crippen LogP contribution in [0.5, 0.6) is 0 Å². The van der Waals surface area contributed by atoms with Crippen LogP contribution in [0.25, 0.3) is 0 Å². The van der Waals surface area contributed by atoms with Crippen LogP contribution in [-0.2, 0) is 0 Å². The summed E-state index contributed by atoms with van der Waals surface area (Å²) in [6.07, 6.45) is 9.67. The minimum absolute atomic E-state index is 0.0683. The molecule has 2 fully saturated rings. The fraction of sp³-hybridized carbons (Fsp3) is 0.778. The van der Waals surface area contributed by atoms with Gasteiger partial charge in [-0.1, -0.05) is 31.8 Å². The van der Waals surface area contributed by atoms with E-state index in [0.717, 1.165) is 43.3 Å². The summed E-state index contributed by atoms with van der Waals surface area (Å²) in [6, 6.07) is 2.13. The second-order valence-electron chi connectivity index (χ2n) is 7.55. The third-order valence-corrected chi connectivity index (χ3v) is 5.07. The highest BCUT2D eigenvalue weighted by atomic mass is 16.5. The largest absolute Gasteiger partial charge is 0.360 e. The minimum atomic E-state index is -0.0683. The fourth-order valence-electron chi connectivity index (χ4n) is 3.38. The Hall–Kier alpha value is -1.32. The van der Waals surface area contributed by atoms with Crippen molar-refractivity contribution in [2.75, 3.05) is 0 Å². The van der Waals surface area contributed by atoms with E-state index >= 15 is 0 Å². The highest BCUT2D eigenvalue weighted by Crippen LogP contribution is 2.40. The second-order valence-corrected chi connectivity index (χ2v) is 7.55. The van der Waals surface area contributed by atoms with Gasteiger partial charge in [-0.2, -0.15) is 0 Å². The number of hydrogen-bond acceptors (Lipinski definition) is 3. The lowest BCUT2D eigenvalue weighted by molar-refractivity contribution is 0.0911. The van der Waals surface area contributed by atoms with Crippen molar-refractivity contribution in [3.8, 4) is 0 Å².